The average Bonchev–Trinajstić information content (AvgIpc) is 3.65. The Bertz CT molecular complexity index is 1740. The second kappa shape index (κ2) is 12.1. The summed E-state index contributed by atoms with van der Waals surface area (Å²) in [5.74, 6) is 0. The van der Waals surface area contributed by atoms with E-state index in [1.54, 1.807) is 42.2 Å². The molecule has 0 nitrogen and oxygen atoms in total. The third-order valence-electron chi connectivity index (χ3n) is 9.51. The summed E-state index contributed by atoms with van der Waals surface area (Å²) in [5.41, 5.74) is 18.6. The summed E-state index contributed by atoms with van der Waals surface area (Å²) in [6.45, 7) is 19.2. The van der Waals surface area contributed by atoms with Gasteiger partial charge in [0.15, 0.2) is 0 Å². The fourth-order valence-electron chi connectivity index (χ4n) is 7.53. The third kappa shape index (κ3) is 5.56. The van der Waals surface area contributed by atoms with Gasteiger partial charge in [-0.1, -0.05) is 0 Å². The number of allylic oxidation sites excluding steroid dienone is 4. The molecule has 0 heterocycles. The normalized spacial score (nSPS) is 15.5. The Balaban J connectivity index is 1.79. The van der Waals surface area contributed by atoms with Crippen LogP contribution in [0.4, 0.5) is 0 Å². The Hall–Kier alpha value is -2.89. The Kier molecular flexibility index (Phi) is 8.58. The van der Waals surface area contributed by atoms with Gasteiger partial charge < -0.3 is 0 Å². The standard InChI is InChI=1S/C30H37.C13H10.Zr/c1-9-22-23(10-2)28(30(6,7)8)26(19-13-11-12-14-19)25-18-20-17-21(29(3,4)5)15-16-24(20)27(22)25;1-3-7-12(8-4-1)11-13-9-5-2-6-10-13;/h11-13,15-18H,9-10,14H2,1-8H3;1-10H;. The van der Waals surface area contributed by atoms with E-state index in [0.29, 0.717) is 3.63 Å². The molecule has 0 bridgehead atoms. The van der Waals surface area contributed by atoms with E-state index in [2.05, 4.69) is 152 Å². The number of hydrogen-bond acceptors (Lipinski definition) is 0. The monoisotopic (exact) mass is 653 g/mol. The van der Waals surface area contributed by atoms with Gasteiger partial charge in [0.25, 0.3) is 0 Å². The van der Waals surface area contributed by atoms with Crippen LogP contribution in [-0.4, -0.2) is 3.21 Å². The minimum atomic E-state index is -1.26. The van der Waals surface area contributed by atoms with Crippen LogP contribution in [0.2, 0.25) is 0 Å². The molecular weight excluding hydrogens is 608 g/mol. The van der Waals surface area contributed by atoms with Crippen molar-refractivity contribution in [3.05, 3.63) is 147 Å². The van der Waals surface area contributed by atoms with Crippen molar-refractivity contribution < 1.29 is 22.8 Å². The van der Waals surface area contributed by atoms with Gasteiger partial charge in [-0.05, 0) is 0 Å². The number of benzene rings is 4. The first-order chi connectivity index (χ1) is 21.0. The second-order valence-corrected chi connectivity index (χ2v) is 17.9. The third-order valence-corrected chi connectivity index (χ3v) is 13.8. The van der Waals surface area contributed by atoms with Crippen molar-refractivity contribution in [3.63, 3.8) is 0 Å². The van der Waals surface area contributed by atoms with Crippen molar-refractivity contribution in [2.75, 3.05) is 0 Å². The summed E-state index contributed by atoms with van der Waals surface area (Å²) in [5, 5.41) is 0. The molecule has 4 aromatic carbocycles. The molecule has 1 heteroatoms. The molecule has 223 valence electrons. The molecule has 0 amide bonds. The molecule has 0 aromatic heterocycles. The molecular formula is C43H47Zr. The fourth-order valence-corrected chi connectivity index (χ4v) is 11.9. The van der Waals surface area contributed by atoms with E-state index in [1.165, 1.54) is 27.8 Å². The maximum atomic E-state index is 2.61. The molecule has 1 unspecified atom stereocenters. The number of fused-ring (bicyclic) bond motifs is 3. The second-order valence-electron chi connectivity index (χ2n) is 14.5. The molecule has 6 rings (SSSR count). The van der Waals surface area contributed by atoms with Gasteiger partial charge >= 0.3 is 279 Å². The first-order valence-corrected chi connectivity index (χ1v) is 19.2. The van der Waals surface area contributed by atoms with Crippen LogP contribution in [0.1, 0.15) is 116 Å². The molecule has 0 radical (unpaired) electrons. The van der Waals surface area contributed by atoms with Crippen LogP contribution in [0, 0.1) is 0 Å². The van der Waals surface area contributed by atoms with Gasteiger partial charge in [0, 0.05) is 0 Å². The Morgan fingerprint density at radius 1 is 0.727 bits per heavy atom. The fraction of sp³-hybridized carbons (Fsp3) is 0.326. The molecule has 44 heavy (non-hydrogen) atoms. The van der Waals surface area contributed by atoms with Crippen LogP contribution in [-0.2, 0) is 46.4 Å². The van der Waals surface area contributed by atoms with Crippen LogP contribution in [0.5, 0.6) is 0 Å². The van der Waals surface area contributed by atoms with Gasteiger partial charge in [0.1, 0.15) is 0 Å². The van der Waals surface area contributed by atoms with E-state index in [1.807, 2.05) is 0 Å². The van der Waals surface area contributed by atoms with Crippen molar-refractivity contribution in [1.29, 1.82) is 0 Å². The van der Waals surface area contributed by atoms with E-state index >= 15 is 0 Å². The summed E-state index contributed by atoms with van der Waals surface area (Å²) in [7, 11) is 0. The summed E-state index contributed by atoms with van der Waals surface area (Å²) >= 11 is -1.26. The van der Waals surface area contributed by atoms with Gasteiger partial charge in [-0.25, -0.2) is 0 Å². The number of hydrogen-bond donors (Lipinski definition) is 0. The average molecular weight is 655 g/mol. The molecule has 1 atom stereocenters. The predicted octanol–water partition coefficient (Wildman–Crippen LogP) is 11.2. The first kappa shape index (κ1) is 31.1. The summed E-state index contributed by atoms with van der Waals surface area (Å²) in [6.07, 6.45) is 10.2. The van der Waals surface area contributed by atoms with Crippen LogP contribution in [0.25, 0.3) is 16.7 Å². The van der Waals surface area contributed by atoms with E-state index in [-0.39, 0.29) is 10.8 Å². The molecule has 0 N–H and O–H groups in total. The zero-order chi connectivity index (χ0) is 31.2. The van der Waals surface area contributed by atoms with Crippen LogP contribution < -0.4 is 0 Å². The minimum absolute atomic E-state index is 0.0510. The zero-order valence-corrected chi connectivity index (χ0v) is 30.4. The first-order valence-electron chi connectivity index (χ1n) is 16.5. The van der Waals surface area contributed by atoms with E-state index in [9.17, 15) is 0 Å². The molecule has 0 saturated heterocycles. The quantitative estimate of drug-likeness (QED) is 0.194. The van der Waals surface area contributed by atoms with Crippen molar-refractivity contribution >= 4 is 8.78 Å². The van der Waals surface area contributed by atoms with Gasteiger partial charge in [0.05, 0.1) is 0 Å². The predicted molar refractivity (Wildman–Crippen MR) is 188 cm³/mol. The van der Waals surface area contributed by atoms with E-state index in [4.69, 9.17) is 0 Å². The Morgan fingerprint density at radius 2 is 1.34 bits per heavy atom. The van der Waals surface area contributed by atoms with Gasteiger partial charge in [-0.15, -0.1) is 0 Å². The molecule has 4 aromatic rings. The molecule has 0 saturated carbocycles. The SMILES string of the molecule is CCc1c(CC)c(C(C)(C)C)c(C2=CC=CC2)c2c1-c1ccc(C(C)(C)C)cc1[CH]2[Zr]=[C](c1ccccc1)c1ccccc1. The topological polar surface area (TPSA) is 0 Å². The molecule has 0 fully saturated rings. The van der Waals surface area contributed by atoms with Crippen LogP contribution >= 0.6 is 0 Å². The molecule has 2 aliphatic carbocycles. The van der Waals surface area contributed by atoms with E-state index < -0.39 is 22.8 Å². The van der Waals surface area contributed by atoms with Gasteiger partial charge in [-0.2, -0.15) is 0 Å². The van der Waals surface area contributed by atoms with Crippen LogP contribution in [0.15, 0.2) is 97.1 Å². The zero-order valence-electron chi connectivity index (χ0n) is 27.9. The number of rotatable bonds is 6. The maximum absolute atomic E-state index is 2.61. The van der Waals surface area contributed by atoms with Crippen LogP contribution in [0.3, 0.4) is 0 Å². The van der Waals surface area contributed by atoms with Crippen molar-refractivity contribution in [1.82, 2.24) is 0 Å². The van der Waals surface area contributed by atoms with Crippen molar-refractivity contribution in [2.24, 2.45) is 0 Å². The van der Waals surface area contributed by atoms with Crippen molar-refractivity contribution in [2.45, 2.75) is 89.1 Å². The van der Waals surface area contributed by atoms with E-state index in [0.717, 1.165) is 19.3 Å². The van der Waals surface area contributed by atoms with Gasteiger partial charge in [0.2, 0.25) is 0 Å². The van der Waals surface area contributed by atoms with Crippen molar-refractivity contribution in [3.8, 4) is 11.1 Å². The summed E-state index contributed by atoms with van der Waals surface area (Å²) in [4.78, 5) is 0. The summed E-state index contributed by atoms with van der Waals surface area (Å²) < 4.78 is 2.04. The molecule has 0 aliphatic heterocycles. The molecule has 2 aliphatic rings. The summed E-state index contributed by atoms with van der Waals surface area (Å²) in [6, 6.07) is 30.1. The Labute approximate surface area is 277 Å². The van der Waals surface area contributed by atoms with Gasteiger partial charge in [-0.3, -0.25) is 0 Å². The molecule has 0 spiro atoms. The Morgan fingerprint density at radius 3 is 1.84 bits per heavy atom.